The number of hydrogen-bond acceptors (Lipinski definition) is 5. The fourth-order valence-corrected chi connectivity index (χ4v) is 2.15. The van der Waals surface area contributed by atoms with Gasteiger partial charge in [-0.1, -0.05) is 6.92 Å². The Labute approximate surface area is 117 Å². The molecular weight excluding hydrogens is 296 g/mol. The van der Waals surface area contributed by atoms with Gasteiger partial charge in [0.05, 0.1) is 5.60 Å². The zero-order chi connectivity index (χ0) is 13.8. The Morgan fingerprint density at radius 1 is 1.44 bits per heavy atom. The molecule has 0 saturated heterocycles. The highest BCUT2D eigenvalue weighted by molar-refractivity contribution is 9.10. The van der Waals surface area contributed by atoms with E-state index in [1.165, 1.54) is 0 Å². The van der Waals surface area contributed by atoms with Crippen LogP contribution in [0.1, 0.15) is 19.7 Å². The summed E-state index contributed by atoms with van der Waals surface area (Å²) in [5, 5.41) is 13.3. The van der Waals surface area contributed by atoms with Crippen LogP contribution in [0.5, 0.6) is 0 Å². The third-order valence-electron chi connectivity index (χ3n) is 2.36. The van der Waals surface area contributed by atoms with Gasteiger partial charge in [-0.2, -0.15) is 0 Å². The lowest BCUT2D eigenvalue weighted by Gasteiger charge is -2.27. The summed E-state index contributed by atoms with van der Waals surface area (Å²) in [6, 6.07) is 1.81. The van der Waals surface area contributed by atoms with E-state index in [1.54, 1.807) is 6.92 Å². The minimum absolute atomic E-state index is 0.442. The molecule has 0 radical (unpaired) electrons. The predicted octanol–water partition coefficient (Wildman–Crippen LogP) is 1.53. The minimum atomic E-state index is -0.798. The number of rotatable bonds is 6. The fraction of sp³-hybridized carbons (Fsp3) is 0.667. The van der Waals surface area contributed by atoms with Crippen molar-refractivity contribution < 1.29 is 5.11 Å². The van der Waals surface area contributed by atoms with Gasteiger partial charge in [0.25, 0.3) is 0 Å². The molecule has 2 N–H and O–H groups in total. The predicted molar refractivity (Wildman–Crippen MR) is 76.8 cm³/mol. The molecule has 1 heterocycles. The first-order valence-corrected chi connectivity index (χ1v) is 6.76. The van der Waals surface area contributed by atoms with Crippen molar-refractivity contribution in [1.82, 2.24) is 14.9 Å². The van der Waals surface area contributed by atoms with E-state index in [0.29, 0.717) is 13.1 Å². The van der Waals surface area contributed by atoms with Gasteiger partial charge in [0.1, 0.15) is 16.2 Å². The second-order valence-corrected chi connectivity index (χ2v) is 5.75. The van der Waals surface area contributed by atoms with Gasteiger partial charge >= 0.3 is 0 Å². The fourth-order valence-electron chi connectivity index (χ4n) is 1.73. The Morgan fingerprint density at radius 2 is 2.11 bits per heavy atom. The number of hydrogen-bond donors (Lipinski definition) is 2. The monoisotopic (exact) mass is 316 g/mol. The van der Waals surface area contributed by atoms with E-state index in [2.05, 4.69) is 31.2 Å². The molecule has 1 rings (SSSR count). The second kappa shape index (κ2) is 6.45. The molecule has 5 nitrogen and oxygen atoms in total. The van der Waals surface area contributed by atoms with Crippen LogP contribution in [0.25, 0.3) is 0 Å². The van der Waals surface area contributed by atoms with Gasteiger partial charge in [-0.25, -0.2) is 9.97 Å². The molecule has 1 aromatic heterocycles. The third-order valence-corrected chi connectivity index (χ3v) is 2.77. The molecule has 1 atom stereocenters. The first-order valence-electron chi connectivity index (χ1n) is 5.97. The Morgan fingerprint density at radius 3 is 2.67 bits per heavy atom. The van der Waals surface area contributed by atoms with Crippen LogP contribution in [0.4, 0.5) is 5.82 Å². The summed E-state index contributed by atoms with van der Waals surface area (Å²) in [4.78, 5) is 10.6. The summed E-state index contributed by atoms with van der Waals surface area (Å²) >= 11 is 3.35. The highest BCUT2D eigenvalue weighted by Gasteiger charge is 2.21. The van der Waals surface area contributed by atoms with Crippen molar-refractivity contribution in [2.75, 3.05) is 32.5 Å². The van der Waals surface area contributed by atoms with Gasteiger partial charge in [-0.15, -0.1) is 0 Å². The number of nitrogens with zero attached hydrogens (tertiary/aromatic N) is 3. The van der Waals surface area contributed by atoms with Crippen LogP contribution in [-0.4, -0.2) is 52.8 Å². The highest BCUT2D eigenvalue weighted by atomic mass is 79.9. The number of likely N-dealkylation sites (N-methyl/N-ethyl adjacent to an activating group) is 1. The topological polar surface area (TPSA) is 61.3 Å². The molecule has 6 heteroatoms. The molecule has 0 aliphatic carbocycles. The van der Waals surface area contributed by atoms with Gasteiger partial charge in [0, 0.05) is 25.6 Å². The maximum atomic E-state index is 10.2. The van der Waals surface area contributed by atoms with Crippen LogP contribution >= 0.6 is 15.9 Å². The van der Waals surface area contributed by atoms with Gasteiger partial charge in [0.15, 0.2) is 0 Å². The molecule has 0 saturated carbocycles. The van der Waals surface area contributed by atoms with Gasteiger partial charge in [0.2, 0.25) is 0 Å². The molecule has 0 aromatic carbocycles. The molecule has 102 valence electrons. The Bertz CT molecular complexity index is 396. The lowest BCUT2D eigenvalue weighted by atomic mass is 10.1. The van der Waals surface area contributed by atoms with Crippen LogP contribution in [0, 0.1) is 0 Å². The largest absolute Gasteiger partial charge is 0.387 e. The van der Waals surface area contributed by atoms with E-state index >= 15 is 0 Å². The molecule has 1 unspecified atom stereocenters. The average Bonchev–Trinajstić information content (AvgIpc) is 2.24. The summed E-state index contributed by atoms with van der Waals surface area (Å²) in [5.41, 5.74) is -0.798. The van der Waals surface area contributed by atoms with E-state index in [1.807, 2.05) is 32.0 Å². The SMILES string of the molecule is CCc1nc(Br)cc(NCC(C)(O)CN(C)C)n1. The van der Waals surface area contributed by atoms with Gasteiger partial charge in [-0.05, 0) is 36.9 Å². The van der Waals surface area contributed by atoms with Crippen LogP contribution < -0.4 is 5.32 Å². The number of anilines is 1. The Balaban J connectivity index is 2.65. The standard InChI is InChI=1S/C12H21BrN4O/c1-5-10-15-9(13)6-11(16-10)14-7-12(2,18)8-17(3)4/h6,18H,5,7-8H2,1-4H3,(H,14,15,16). The maximum absolute atomic E-state index is 10.2. The first kappa shape index (κ1) is 15.3. The zero-order valence-corrected chi connectivity index (χ0v) is 13.0. The van der Waals surface area contributed by atoms with Crippen molar-refractivity contribution in [3.63, 3.8) is 0 Å². The number of halogens is 1. The zero-order valence-electron chi connectivity index (χ0n) is 11.4. The maximum Gasteiger partial charge on any atom is 0.131 e. The summed E-state index contributed by atoms with van der Waals surface area (Å²) in [6.45, 7) is 4.84. The molecule has 18 heavy (non-hydrogen) atoms. The molecule has 0 bridgehead atoms. The molecule has 1 aromatic rings. The molecule has 0 aliphatic heterocycles. The van der Waals surface area contributed by atoms with E-state index in [9.17, 15) is 5.11 Å². The summed E-state index contributed by atoms with van der Waals surface area (Å²) in [7, 11) is 3.87. The lowest BCUT2D eigenvalue weighted by Crippen LogP contribution is -2.43. The average molecular weight is 317 g/mol. The number of nitrogens with one attached hydrogen (secondary N) is 1. The van der Waals surface area contributed by atoms with E-state index in [-0.39, 0.29) is 0 Å². The Hall–Kier alpha value is -0.720. The van der Waals surface area contributed by atoms with Crippen LogP contribution in [0.15, 0.2) is 10.7 Å². The van der Waals surface area contributed by atoms with Crippen LogP contribution in [0.3, 0.4) is 0 Å². The van der Waals surface area contributed by atoms with Gasteiger partial charge < -0.3 is 15.3 Å². The molecule has 0 aliphatic rings. The third kappa shape index (κ3) is 5.29. The van der Waals surface area contributed by atoms with E-state index in [4.69, 9.17) is 0 Å². The quantitative estimate of drug-likeness (QED) is 0.779. The van der Waals surface area contributed by atoms with E-state index in [0.717, 1.165) is 22.7 Å². The van der Waals surface area contributed by atoms with Crippen molar-refractivity contribution >= 4 is 21.7 Å². The molecular formula is C12H21BrN4O. The van der Waals surface area contributed by atoms with Crippen molar-refractivity contribution in [2.24, 2.45) is 0 Å². The second-order valence-electron chi connectivity index (χ2n) is 4.93. The number of aryl methyl sites for hydroxylation is 1. The summed E-state index contributed by atoms with van der Waals surface area (Å²) in [5.74, 6) is 1.51. The molecule has 0 fully saturated rings. The van der Waals surface area contributed by atoms with Crippen molar-refractivity contribution in [2.45, 2.75) is 25.9 Å². The van der Waals surface area contributed by atoms with Gasteiger partial charge in [-0.3, -0.25) is 0 Å². The van der Waals surface area contributed by atoms with Crippen molar-refractivity contribution in [3.05, 3.63) is 16.5 Å². The lowest BCUT2D eigenvalue weighted by molar-refractivity contribution is 0.0459. The van der Waals surface area contributed by atoms with Crippen molar-refractivity contribution in [3.8, 4) is 0 Å². The van der Waals surface area contributed by atoms with Crippen LogP contribution in [-0.2, 0) is 6.42 Å². The highest BCUT2D eigenvalue weighted by Crippen LogP contribution is 2.14. The van der Waals surface area contributed by atoms with E-state index < -0.39 is 5.60 Å². The van der Waals surface area contributed by atoms with Crippen molar-refractivity contribution in [1.29, 1.82) is 0 Å². The van der Waals surface area contributed by atoms with Crippen LogP contribution in [0.2, 0.25) is 0 Å². The summed E-state index contributed by atoms with van der Waals surface area (Å²) < 4.78 is 0.754. The molecule has 0 spiro atoms. The Kier molecular flexibility index (Phi) is 5.49. The number of aliphatic hydroxyl groups is 1. The first-order chi connectivity index (χ1) is 8.32. The normalized spacial score (nSPS) is 14.6. The summed E-state index contributed by atoms with van der Waals surface area (Å²) in [6.07, 6.45) is 0.780. The smallest absolute Gasteiger partial charge is 0.131 e. The number of aromatic nitrogens is 2. The molecule has 0 amide bonds. The minimum Gasteiger partial charge on any atom is -0.387 e.